The molecule has 0 radical (unpaired) electrons. The van der Waals surface area contributed by atoms with E-state index in [9.17, 15) is 14.0 Å². The molecule has 0 spiro atoms. The van der Waals surface area contributed by atoms with Crippen molar-refractivity contribution in [3.05, 3.63) is 82.4 Å². The second-order valence-corrected chi connectivity index (χ2v) is 8.70. The van der Waals surface area contributed by atoms with Crippen molar-refractivity contribution in [2.75, 3.05) is 0 Å². The SMILES string of the molecule is CC(C)(C)OC(=O)N[C@H](Cc1ccc(F)cc1)c1nc2ccc(-c3cn[nH]c3)cc2c(=O)[nH]1. The molecule has 0 saturated carbocycles. The maximum atomic E-state index is 13.3. The minimum atomic E-state index is -0.698. The molecule has 33 heavy (non-hydrogen) atoms. The highest BCUT2D eigenvalue weighted by Gasteiger charge is 2.23. The van der Waals surface area contributed by atoms with Crippen LogP contribution in [0.3, 0.4) is 0 Å². The first kappa shape index (κ1) is 22.2. The summed E-state index contributed by atoms with van der Waals surface area (Å²) in [4.78, 5) is 32.8. The van der Waals surface area contributed by atoms with Gasteiger partial charge in [0, 0.05) is 18.2 Å². The highest BCUT2D eigenvalue weighted by atomic mass is 19.1. The number of benzene rings is 2. The zero-order valence-electron chi connectivity index (χ0n) is 18.5. The van der Waals surface area contributed by atoms with Gasteiger partial charge in [0.1, 0.15) is 17.2 Å². The first-order chi connectivity index (χ1) is 15.7. The van der Waals surface area contributed by atoms with E-state index in [4.69, 9.17) is 4.74 Å². The smallest absolute Gasteiger partial charge is 0.408 e. The predicted molar refractivity (Wildman–Crippen MR) is 122 cm³/mol. The molecule has 2 heterocycles. The molecule has 0 aliphatic heterocycles. The van der Waals surface area contributed by atoms with E-state index in [0.29, 0.717) is 10.9 Å². The second kappa shape index (κ2) is 8.85. The molecule has 2 aromatic carbocycles. The Balaban J connectivity index is 1.70. The summed E-state index contributed by atoms with van der Waals surface area (Å²) in [5.74, 6) is -0.0835. The van der Waals surface area contributed by atoms with Gasteiger partial charge in [0.05, 0.1) is 23.1 Å². The number of aromatic amines is 2. The molecule has 3 N–H and O–H groups in total. The van der Waals surface area contributed by atoms with Crippen LogP contribution in [0.25, 0.3) is 22.0 Å². The molecule has 0 fully saturated rings. The largest absolute Gasteiger partial charge is 0.444 e. The van der Waals surface area contributed by atoms with Gasteiger partial charge in [0.25, 0.3) is 5.56 Å². The van der Waals surface area contributed by atoms with Crippen molar-refractivity contribution in [1.29, 1.82) is 0 Å². The van der Waals surface area contributed by atoms with E-state index < -0.39 is 17.7 Å². The Morgan fingerprint density at radius 3 is 2.58 bits per heavy atom. The lowest BCUT2D eigenvalue weighted by atomic mass is 10.0. The molecule has 8 nitrogen and oxygen atoms in total. The molecule has 0 aliphatic carbocycles. The number of aromatic nitrogens is 4. The minimum Gasteiger partial charge on any atom is -0.444 e. The Kier molecular flexibility index (Phi) is 5.95. The maximum Gasteiger partial charge on any atom is 0.408 e. The van der Waals surface area contributed by atoms with E-state index in [-0.39, 0.29) is 23.6 Å². The number of amides is 1. The Labute approximate surface area is 189 Å². The van der Waals surface area contributed by atoms with Gasteiger partial charge >= 0.3 is 6.09 Å². The number of fused-ring (bicyclic) bond motifs is 1. The van der Waals surface area contributed by atoms with Crippen LogP contribution in [-0.2, 0) is 11.2 Å². The minimum absolute atomic E-state index is 0.277. The number of alkyl carbamates (subject to hydrolysis) is 1. The zero-order chi connectivity index (χ0) is 23.6. The van der Waals surface area contributed by atoms with Gasteiger partial charge in [-0.15, -0.1) is 0 Å². The summed E-state index contributed by atoms with van der Waals surface area (Å²) in [5, 5.41) is 9.87. The van der Waals surface area contributed by atoms with Crippen molar-refractivity contribution in [3.8, 4) is 11.1 Å². The number of carbonyl (C=O) groups excluding carboxylic acids is 1. The van der Waals surface area contributed by atoms with Crippen molar-refractivity contribution >= 4 is 17.0 Å². The number of rotatable bonds is 5. The standard InChI is InChI=1S/C24H24FN5O3/c1-24(2,3)33-23(32)29-20(10-14-4-7-17(25)8-5-14)21-28-19-9-6-15(16-12-26-27-13-16)11-18(19)22(31)30-21/h4-9,11-13,20H,10H2,1-3H3,(H,26,27)(H,29,32)(H,28,30,31)/t20-/m1/s1. The van der Waals surface area contributed by atoms with Gasteiger partial charge in [-0.05, 0) is 56.2 Å². The third-order valence-electron chi connectivity index (χ3n) is 4.93. The summed E-state index contributed by atoms with van der Waals surface area (Å²) in [6.07, 6.45) is 3.04. The molecule has 4 aromatic rings. The van der Waals surface area contributed by atoms with Crippen LogP contribution < -0.4 is 10.9 Å². The van der Waals surface area contributed by atoms with Gasteiger partial charge < -0.3 is 15.0 Å². The van der Waals surface area contributed by atoms with E-state index >= 15 is 0 Å². The van der Waals surface area contributed by atoms with E-state index in [1.165, 1.54) is 12.1 Å². The highest BCUT2D eigenvalue weighted by molar-refractivity contribution is 5.83. The Bertz CT molecular complexity index is 1330. The van der Waals surface area contributed by atoms with Gasteiger partial charge in [0.2, 0.25) is 0 Å². The molecular weight excluding hydrogens is 425 g/mol. The topological polar surface area (TPSA) is 113 Å². The van der Waals surface area contributed by atoms with Gasteiger partial charge in [0.15, 0.2) is 0 Å². The van der Waals surface area contributed by atoms with Gasteiger partial charge in [-0.1, -0.05) is 18.2 Å². The molecular formula is C24H24FN5O3. The summed E-state index contributed by atoms with van der Waals surface area (Å²) in [7, 11) is 0. The van der Waals surface area contributed by atoms with Crippen molar-refractivity contribution in [2.45, 2.75) is 38.8 Å². The van der Waals surface area contributed by atoms with Crippen LogP contribution in [0.1, 0.15) is 38.2 Å². The first-order valence-corrected chi connectivity index (χ1v) is 10.4. The summed E-state index contributed by atoms with van der Waals surface area (Å²) in [6.45, 7) is 5.28. The Morgan fingerprint density at radius 2 is 1.91 bits per heavy atom. The molecule has 1 amide bonds. The Hall–Kier alpha value is -4.01. The molecule has 0 bridgehead atoms. The molecule has 0 unspecified atom stereocenters. The summed E-state index contributed by atoms with van der Waals surface area (Å²) in [6, 6.07) is 10.6. The van der Waals surface area contributed by atoms with Crippen molar-refractivity contribution < 1.29 is 13.9 Å². The van der Waals surface area contributed by atoms with Crippen LogP contribution >= 0.6 is 0 Å². The molecule has 0 aliphatic rings. The fraction of sp³-hybridized carbons (Fsp3) is 0.250. The number of nitrogens with one attached hydrogen (secondary N) is 3. The van der Waals surface area contributed by atoms with Crippen LogP contribution in [0.2, 0.25) is 0 Å². The van der Waals surface area contributed by atoms with E-state index in [0.717, 1.165) is 16.7 Å². The fourth-order valence-corrected chi connectivity index (χ4v) is 3.43. The Morgan fingerprint density at radius 1 is 1.15 bits per heavy atom. The van der Waals surface area contributed by atoms with Crippen LogP contribution in [0.4, 0.5) is 9.18 Å². The van der Waals surface area contributed by atoms with E-state index in [1.54, 1.807) is 57.4 Å². The van der Waals surface area contributed by atoms with E-state index in [2.05, 4.69) is 25.5 Å². The van der Waals surface area contributed by atoms with Crippen LogP contribution in [0.5, 0.6) is 0 Å². The number of H-pyrrole nitrogens is 2. The van der Waals surface area contributed by atoms with Crippen LogP contribution in [0.15, 0.2) is 59.7 Å². The van der Waals surface area contributed by atoms with Gasteiger partial charge in [-0.25, -0.2) is 14.2 Å². The molecule has 1 atom stereocenters. The predicted octanol–water partition coefficient (Wildman–Crippen LogP) is 4.26. The number of nitrogens with zero attached hydrogens (tertiary/aromatic N) is 2. The molecule has 0 saturated heterocycles. The molecule has 2 aromatic heterocycles. The first-order valence-electron chi connectivity index (χ1n) is 10.4. The lowest BCUT2D eigenvalue weighted by Crippen LogP contribution is -2.37. The summed E-state index contributed by atoms with van der Waals surface area (Å²) in [5.41, 5.74) is 1.88. The summed E-state index contributed by atoms with van der Waals surface area (Å²) >= 11 is 0. The van der Waals surface area contributed by atoms with E-state index in [1.807, 2.05) is 6.07 Å². The third kappa shape index (κ3) is 5.43. The second-order valence-electron chi connectivity index (χ2n) is 8.70. The fourth-order valence-electron chi connectivity index (χ4n) is 3.43. The number of ether oxygens (including phenoxy) is 1. The van der Waals surface area contributed by atoms with Gasteiger partial charge in [-0.2, -0.15) is 5.10 Å². The monoisotopic (exact) mass is 449 g/mol. The van der Waals surface area contributed by atoms with Crippen molar-refractivity contribution in [3.63, 3.8) is 0 Å². The third-order valence-corrected chi connectivity index (χ3v) is 4.93. The number of hydrogen-bond acceptors (Lipinski definition) is 5. The van der Waals surface area contributed by atoms with Crippen molar-refractivity contribution in [2.24, 2.45) is 0 Å². The quantitative estimate of drug-likeness (QED) is 0.421. The number of carbonyl (C=O) groups is 1. The summed E-state index contributed by atoms with van der Waals surface area (Å²) < 4.78 is 18.7. The number of halogens is 1. The van der Waals surface area contributed by atoms with Crippen molar-refractivity contribution in [1.82, 2.24) is 25.5 Å². The lowest BCUT2D eigenvalue weighted by Gasteiger charge is -2.23. The molecule has 9 heteroatoms. The highest BCUT2D eigenvalue weighted by Crippen LogP contribution is 2.23. The number of hydrogen-bond donors (Lipinski definition) is 3. The average Bonchev–Trinajstić information content (AvgIpc) is 3.28. The molecule has 4 rings (SSSR count). The maximum absolute atomic E-state index is 13.3. The lowest BCUT2D eigenvalue weighted by molar-refractivity contribution is 0.0501. The molecule has 170 valence electrons. The van der Waals surface area contributed by atoms with Gasteiger partial charge in [-0.3, -0.25) is 9.89 Å². The normalized spacial score (nSPS) is 12.5. The zero-order valence-corrected chi connectivity index (χ0v) is 18.5. The van der Waals surface area contributed by atoms with Crippen LogP contribution in [0, 0.1) is 5.82 Å². The average molecular weight is 449 g/mol. The van der Waals surface area contributed by atoms with Crippen LogP contribution in [-0.4, -0.2) is 31.9 Å².